The molecular weight excluding hydrogens is 204 g/mol. The summed E-state index contributed by atoms with van der Waals surface area (Å²) in [6.45, 7) is 12.6. The van der Waals surface area contributed by atoms with E-state index in [0.717, 1.165) is 19.6 Å². The fraction of sp³-hybridized carbons (Fsp3) is 0.917. The van der Waals surface area contributed by atoms with Crippen LogP contribution in [0, 0.1) is 0 Å². The van der Waals surface area contributed by atoms with E-state index in [1.807, 2.05) is 20.8 Å². The first-order valence-corrected chi connectivity index (χ1v) is 6.01. The molecule has 0 aromatic rings. The molecule has 0 aliphatic rings. The highest BCUT2D eigenvalue weighted by Crippen LogP contribution is 2.09. The van der Waals surface area contributed by atoms with E-state index in [-0.39, 0.29) is 5.97 Å². The smallest absolute Gasteiger partial charge is 0.323 e. The molecule has 0 aliphatic carbocycles. The average molecular weight is 230 g/mol. The lowest BCUT2D eigenvalue weighted by atomic mass is 10.1. The first-order valence-electron chi connectivity index (χ1n) is 6.01. The van der Waals surface area contributed by atoms with Crippen LogP contribution in [0.1, 0.15) is 41.0 Å². The molecule has 0 aromatic carbocycles. The van der Waals surface area contributed by atoms with Gasteiger partial charge in [-0.2, -0.15) is 0 Å². The van der Waals surface area contributed by atoms with Crippen molar-refractivity contribution in [3.05, 3.63) is 0 Å². The molecule has 0 fully saturated rings. The lowest BCUT2D eigenvalue weighted by molar-refractivity contribution is -0.156. The number of hydrogen-bond acceptors (Lipinski definition) is 4. The molecule has 1 atom stereocenters. The summed E-state index contributed by atoms with van der Waals surface area (Å²) >= 11 is 0. The van der Waals surface area contributed by atoms with Gasteiger partial charge in [0.15, 0.2) is 0 Å². The predicted octanol–water partition coefficient (Wildman–Crippen LogP) is 1.39. The zero-order valence-corrected chi connectivity index (χ0v) is 11.2. The quantitative estimate of drug-likeness (QED) is 0.701. The van der Waals surface area contributed by atoms with Gasteiger partial charge < -0.3 is 15.4 Å². The number of rotatable bonds is 6. The van der Waals surface area contributed by atoms with E-state index in [1.165, 1.54) is 0 Å². The summed E-state index contributed by atoms with van der Waals surface area (Å²) in [6.07, 6.45) is 0.649. The Labute approximate surface area is 99.1 Å². The number of carbonyl (C=O) groups is 1. The molecule has 16 heavy (non-hydrogen) atoms. The van der Waals surface area contributed by atoms with Crippen molar-refractivity contribution in [3.63, 3.8) is 0 Å². The first-order chi connectivity index (χ1) is 7.30. The van der Waals surface area contributed by atoms with Crippen molar-refractivity contribution in [1.29, 1.82) is 0 Å². The fourth-order valence-corrected chi connectivity index (χ4v) is 1.36. The van der Waals surface area contributed by atoms with Crippen LogP contribution in [0.3, 0.4) is 0 Å². The third-order valence-electron chi connectivity index (χ3n) is 2.36. The van der Waals surface area contributed by atoms with Gasteiger partial charge in [-0.1, -0.05) is 13.8 Å². The van der Waals surface area contributed by atoms with Crippen LogP contribution >= 0.6 is 0 Å². The Balaban J connectivity index is 3.97. The third kappa shape index (κ3) is 6.80. The number of nitrogens with two attached hydrogens (primary N) is 1. The number of hydrogen-bond donors (Lipinski definition) is 1. The van der Waals surface area contributed by atoms with Gasteiger partial charge in [-0.15, -0.1) is 0 Å². The van der Waals surface area contributed by atoms with E-state index in [0.29, 0.717) is 6.42 Å². The molecule has 0 saturated carbocycles. The minimum atomic E-state index is -0.514. The minimum Gasteiger partial charge on any atom is -0.459 e. The maximum Gasteiger partial charge on any atom is 0.323 e. The van der Waals surface area contributed by atoms with Crippen molar-refractivity contribution in [3.8, 4) is 0 Å². The summed E-state index contributed by atoms with van der Waals surface area (Å²) in [5, 5.41) is 0. The largest absolute Gasteiger partial charge is 0.459 e. The molecule has 96 valence electrons. The van der Waals surface area contributed by atoms with Gasteiger partial charge in [0.25, 0.3) is 0 Å². The Morgan fingerprint density at radius 2 is 1.81 bits per heavy atom. The van der Waals surface area contributed by atoms with E-state index >= 15 is 0 Å². The van der Waals surface area contributed by atoms with Gasteiger partial charge in [0.2, 0.25) is 0 Å². The van der Waals surface area contributed by atoms with Crippen LogP contribution in [-0.2, 0) is 9.53 Å². The highest BCUT2D eigenvalue weighted by Gasteiger charge is 2.22. The summed E-state index contributed by atoms with van der Waals surface area (Å²) in [4.78, 5) is 13.8. The summed E-state index contributed by atoms with van der Waals surface area (Å²) in [6, 6.07) is -0.514. The maximum atomic E-state index is 11.6. The number of ether oxygens (including phenoxy) is 1. The average Bonchev–Trinajstić information content (AvgIpc) is 2.16. The first kappa shape index (κ1) is 15.4. The van der Waals surface area contributed by atoms with Crippen LogP contribution < -0.4 is 5.73 Å². The summed E-state index contributed by atoms with van der Waals surface area (Å²) in [5.41, 5.74) is 5.33. The molecule has 0 amide bonds. The lowest BCUT2D eigenvalue weighted by Gasteiger charge is -2.24. The topological polar surface area (TPSA) is 55.6 Å². The molecule has 0 aliphatic heterocycles. The molecule has 1 unspecified atom stereocenters. The van der Waals surface area contributed by atoms with Crippen LogP contribution in [0.5, 0.6) is 0 Å². The van der Waals surface area contributed by atoms with E-state index in [9.17, 15) is 4.79 Å². The van der Waals surface area contributed by atoms with Crippen molar-refractivity contribution in [1.82, 2.24) is 4.90 Å². The van der Waals surface area contributed by atoms with Crippen molar-refractivity contribution >= 4 is 5.97 Å². The number of carbonyl (C=O) groups excluding carboxylic acids is 1. The van der Waals surface area contributed by atoms with Crippen LogP contribution in [0.2, 0.25) is 0 Å². The third-order valence-corrected chi connectivity index (χ3v) is 2.36. The summed E-state index contributed by atoms with van der Waals surface area (Å²) < 4.78 is 5.22. The minimum absolute atomic E-state index is 0.306. The van der Waals surface area contributed by atoms with Crippen molar-refractivity contribution < 1.29 is 9.53 Å². The van der Waals surface area contributed by atoms with E-state index in [4.69, 9.17) is 10.5 Å². The standard InChI is InChI=1S/C12H26N2O2/c1-6-14(7-2)9-8-10(13)11(15)16-12(3,4)5/h10H,6-9,13H2,1-5H3. The van der Waals surface area contributed by atoms with Crippen molar-refractivity contribution in [2.24, 2.45) is 5.73 Å². The van der Waals surface area contributed by atoms with Gasteiger partial charge in [0.05, 0.1) is 0 Å². The van der Waals surface area contributed by atoms with Gasteiger partial charge in [0.1, 0.15) is 11.6 Å². The van der Waals surface area contributed by atoms with Gasteiger partial charge in [-0.05, 0) is 40.3 Å². The van der Waals surface area contributed by atoms with Gasteiger partial charge in [-0.3, -0.25) is 4.79 Å². The molecular formula is C12H26N2O2. The Kier molecular flexibility index (Phi) is 6.60. The zero-order chi connectivity index (χ0) is 12.8. The van der Waals surface area contributed by atoms with Crippen LogP contribution in [0.15, 0.2) is 0 Å². The van der Waals surface area contributed by atoms with Crippen molar-refractivity contribution in [2.45, 2.75) is 52.7 Å². The lowest BCUT2D eigenvalue weighted by Crippen LogP contribution is -2.40. The van der Waals surface area contributed by atoms with E-state index < -0.39 is 11.6 Å². The Morgan fingerprint density at radius 3 is 2.19 bits per heavy atom. The van der Waals surface area contributed by atoms with E-state index in [2.05, 4.69) is 18.7 Å². The van der Waals surface area contributed by atoms with Crippen LogP contribution in [-0.4, -0.2) is 42.1 Å². The molecule has 0 spiro atoms. The predicted molar refractivity (Wildman–Crippen MR) is 66.2 cm³/mol. The Hall–Kier alpha value is -0.610. The number of nitrogens with zero attached hydrogens (tertiary/aromatic N) is 1. The fourth-order valence-electron chi connectivity index (χ4n) is 1.36. The molecule has 0 aromatic heterocycles. The second kappa shape index (κ2) is 6.86. The second-order valence-electron chi connectivity index (χ2n) is 4.96. The maximum absolute atomic E-state index is 11.6. The van der Waals surface area contributed by atoms with Gasteiger partial charge in [-0.25, -0.2) is 0 Å². The van der Waals surface area contributed by atoms with E-state index in [1.54, 1.807) is 0 Å². The zero-order valence-electron chi connectivity index (χ0n) is 11.2. The molecule has 4 nitrogen and oxygen atoms in total. The highest BCUT2D eigenvalue weighted by molar-refractivity contribution is 5.75. The molecule has 0 heterocycles. The number of esters is 1. The molecule has 0 saturated heterocycles. The normalized spacial score (nSPS) is 13.9. The Bertz CT molecular complexity index is 208. The summed E-state index contributed by atoms with van der Waals surface area (Å²) in [5.74, 6) is -0.306. The monoisotopic (exact) mass is 230 g/mol. The molecule has 4 heteroatoms. The summed E-state index contributed by atoms with van der Waals surface area (Å²) in [7, 11) is 0. The molecule has 0 bridgehead atoms. The van der Waals surface area contributed by atoms with Crippen LogP contribution in [0.25, 0.3) is 0 Å². The molecule has 0 rings (SSSR count). The van der Waals surface area contributed by atoms with Gasteiger partial charge >= 0.3 is 5.97 Å². The molecule has 2 N–H and O–H groups in total. The Morgan fingerprint density at radius 1 is 1.31 bits per heavy atom. The SMILES string of the molecule is CCN(CC)CCC(N)C(=O)OC(C)(C)C. The highest BCUT2D eigenvalue weighted by atomic mass is 16.6. The van der Waals surface area contributed by atoms with Gasteiger partial charge in [0, 0.05) is 6.54 Å². The van der Waals surface area contributed by atoms with Crippen LogP contribution in [0.4, 0.5) is 0 Å². The van der Waals surface area contributed by atoms with Crippen molar-refractivity contribution in [2.75, 3.05) is 19.6 Å². The molecule has 0 radical (unpaired) electrons. The second-order valence-corrected chi connectivity index (χ2v) is 4.96.